The number of rotatable bonds is 9. The largest absolute Gasteiger partial charge is 0.353 e. The third-order valence-corrected chi connectivity index (χ3v) is 4.75. The quantitative estimate of drug-likeness (QED) is 0.539. The first-order valence-electron chi connectivity index (χ1n) is 9.13. The number of nitro groups is 1. The molecule has 0 spiro atoms. The van der Waals surface area contributed by atoms with Crippen LogP contribution in [0.1, 0.15) is 36.8 Å². The Bertz CT molecular complexity index is 784. The Morgan fingerprint density at radius 3 is 2.41 bits per heavy atom. The summed E-state index contributed by atoms with van der Waals surface area (Å²) in [5.74, 6) is -0.219. The van der Waals surface area contributed by atoms with E-state index in [9.17, 15) is 14.9 Å². The average molecular weight is 373 g/mol. The van der Waals surface area contributed by atoms with Crippen molar-refractivity contribution in [2.45, 2.75) is 40.3 Å². The molecule has 0 aliphatic heterocycles. The predicted molar refractivity (Wildman–Crippen MR) is 103 cm³/mol. The van der Waals surface area contributed by atoms with E-state index in [0.29, 0.717) is 17.9 Å². The average Bonchev–Trinajstić information content (AvgIpc) is 2.92. The van der Waals surface area contributed by atoms with Gasteiger partial charge in [0.2, 0.25) is 5.91 Å². The normalized spacial score (nSPS) is 12.2. The van der Waals surface area contributed by atoms with Gasteiger partial charge in [-0.05, 0) is 32.5 Å². The number of nitrogens with one attached hydrogen (secondary N) is 1. The number of benzene rings is 1. The molecule has 8 heteroatoms. The van der Waals surface area contributed by atoms with E-state index in [0.717, 1.165) is 18.7 Å². The highest BCUT2D eigenvalue weighted by Gasteiger charge is 2.23. The van der Waals surface area contributed by atoms with Gasteiger partial charge in [0.05, 0.1) is 11.0 Å². The summed E-state index contributed by atoms with van der Waals surface area (Å²) < 4.78 is 1.39. The Labute approximate surface area is 159 Å². The van der Waals surface area contributed by atoms with Gasteiger partial charge in [-0.3, -0.25) is 24.5 Å². The maximum Gasteiger partial charge on any atom is 0.312 e. The molecule has 146 valence electrons. The lowest BCUT2D eigenvalue weighted by molar-refractivity contribution is -0.386. The minimum atomic E-state index is -0.460. The van der Waals surface area contributed by atoms with E-state index in [1.165, 1.54) is 4.68 Å². The Morgan fingerprint density at radius 2 is 1.89 bits per heavy atom. The van der Waals surface area contributed by atoms with Crippen molar-refractivity contribution in [1.82, 2.24) is 20.0 Å². The van der Waals surface area contributed by atoms with Gasteiger partial charge < -0.3 is 5.32 Å². The van der Waals surface area contributed by atoms with E-state index in [1.54, 1.807) is 13.8 Å². The number of hydrogen-bond acceptors (Lipinski definition) is 5. The van der Waals surface area contributed by atoms with Crippen molar-refractivity contribution in [2.24, 2.45) is 0 Å². The molecule has 1 aromatic carbocycles. The summed E-state index contributed by atoms with van der Waals surface area (Å²) in [6, 6.07) is 10.1. The fourth-order valence-electron chi connectivity index (χ4n) is 3.31. The monoisotopic (exact) mass is 373 g/mol. The van der Waals surface area contributed by atoms with E-state index in [1.807, 2.05) is 18.2 Å². The van der Waals surface area contributed by atoms with Crippen LogP contribution in [0.4, 0.5) is 5.69 Å². The molecule has 2 aromatic rings. The maximum absolute atomic E-state index is 12.4. The molecule has 2 rings (SSSR count). The molecule has 27 heavy (non-hydrogen) atoms. The van der Waals surface area contributed by atoms with E-state index in [2.05, 4.69) is 41.3 Å². The van der Waals surface area contributed by atoms with Gasteiger partial charge in [0.1, 0.15) is 17.9 Å². The molecule has 1 heterocycles. The number of aromatic nitrogens is 2. The first-order valence-corrected chi connectivity index (χ1v) is 9.13. The Balaban J connectivity index is 2.08. The zero-order valence-electron chi connectivity index (χ0n) is 16.3. The van der Waals surface area contributed by atoms with Crippen LogP contribution in [0.5, 0.6) is 0 Å². The zero-order chi connectivity index (χ0) is 20.0. The second kappa shape index (κ2) is 9.27. The fourth-order valence-corrected chi connectivity index (χ4v) is 3.31. The fraction of sp³-hybridized carbons (Fsp3) is 0.474. The van der Waals surface area contributed by atoms with Crippen LogP contribution in [-0.4, -0.2) is 45.1 Å². The molecule has 1 aromatic heterocycles. The van der Waals surface area contributed by atoms with Crippen LogP contribution in [0.15, 0.2) is 30.3 Å². The van der Waals surface area contributed by atoms with Crippen molar-refractivity contribution in [3.05, 3.63) is 57.4 Å². The minimum absolute atomic E-state index is 0.0342. The standard InChI is InChI=1S/C19H27N5O3/c1-5-22(6-2)17(16-10-8-7-9-11-16)12-20-18(25)13-23-15(4)19(24(26)27)14(3)21-23/h7-11,17H,5-6,12-13H2,1-4H3,(H,20,25). The molecular formula is C19H27N5O3. The van der Waals surface area contributed by atoms with Crippen LogP contribution in [0.25, 0.3) is 0 Å². The van der Waals surface area contributed by atoms with Gasteiger partial charge in [-0.1, -0.05) is 44.2 Å². The molecular weight excluding hydrogens is 346 g/mol. The van der Waals surface area contributed by atoms with E-state index >= 15 is 0 Å². The molecule has 0 saturated carbocycles. The molecule has 0 bridgehead atoms. The van der Waals surface area contributed by atoms with Crippen molar-refractivity contribution >= 4 is 11.6 Å². The second-order valence-corrected chi connectivity index (χ2v) is 6.39. The smallest absolute Gasteiger partial charge is 0.312 e. The van der Waals surface area contributed by atoms with Gasteiger partial charge in [0.15, 0.2) is 0 Å². The van der Waals surface area contributed by atoms with E-state index in [-0.39, 0.29) is 24.2 Å². The molecule has 1 atom stereocenters. The van der Waals surface area contributed by atoms with Crippen LogP contribution < -0.4 is 5.32 Å². The number of likely N-dealkylation sites (N-methyl/N-ethyl adjacent to an activating group) is 1. The lowest BCUT2D eigenvalue weighted by Gasteiger charge is -2.30. The molecule has 0 aliphatic rings. The SMILES string of the molecule is CCN(CC)C(CNC(=O)Cn1nc(C)c([N+](=O)[O-])c1C)c1ccccc1. The Kier molecular flexibility index (Phi) is 7.06. The number of nitrogens with zero attached hydrogens (tertiary/aromatic N) is 4. The van der Waals surface area contributed by atoms with Gasteiger partial charge >= 0.3 is 5.69 Å². The van der Waals surface area contributed by atoms with Crippen LogP contribution >= 0.6 is 0 Å². The molecule has 0 radical (unpaired) electrons. The van der Waals surface area contributed by atoms with E-state index in [4.69, 9.17) is 0 Å². The first kappa shape index (κ1) is 20.6. The Hall–Kier alpha value is -2.74. The minimum Gasteiger partial charge on any atom is -0.353 e. The van der Waals surface area contributed by atoms with Gasteiger partial charge in [-0.15, -0.1) is 0 Å². The molecule has 1 N–H and O–H groups in total. The van der Waals surface area contributed by atoms with Crippen LogP contribution in [0.2, 0.25) is 0 Å². The van der Waals surface area contributed by atoms with Gasteiger partial charge in [0.25, 0.3) is 0 Å². The third kappa shape index (κ3) is 4.91. The van der Waals surface area contributed by atoms with Crippen LogP contribution in [0.3, 0.4) is 0 Å². The van der Waals surface area contributed by atoms with Crippen LogP contribution in [-0.2, 0) is 11.3 Å². The molecule has 1 amide bonds. The lowest BCUT2D eigenvalue weighted by atomic mass is 10.1. The highest BCUT2D eigenvalue weighted by atomic mass is 16.6. The topological polar surface area (TPSA) is 93.3 Å². The Morgan fingerprint density at radius 1 is 1.26 bits per heavy atom. The van der Waals surface area contributed by atoms with Gasteiger partial charge in [0, 0.05) is 6.54 Å². The third-order valence-electron chi connectivity index (χ3n) is 4.75. The highest BCUT2D eigenvalue weighted by Crippen LogP contribution is 2.22. The number of amides is 1. The zero-order valence-corrected chi connectivity index (χ0v) is 16.3. The summed E-state index contributed by atoms with van der Waals surface area (Å²) in [5.41, 5.74) is 1.81. The molecule has 1 unspecified atom stereocenters. The molecule has 0 aliphatic carbocycles. The summed E-state index contributed by atoms with van der Waals surface area (Å²) in [6.45, 7) is 9.53. The molecule has 8 nitrogen and oxygen atoms in total. The van der Waals surface area contributed by atoms with Crippen LogP contribution in [0, 0.1) is 24.0 Å². The summed E-state index contributed by atoms with van der Waals surface area (Å²) in [4.78, 5) is 25.4. The number of carbonyl (C=O) groups excluding carboxylic acids is 1. The summed E-state index contributed by atoms with van der Waals surface area (Å²) >= 11 is 0. The van der Waals surface area contributed by atoms with Crippen molar-refractivity contribution in [3.63, 3.8) is 0 Å². The van der Waals surface area contributed by atoms with E-state index < -0.39 is 4.92 Å². The second-order valence-electron chi connectivity index (χ2n) is 6.39. The van der Waals surface area contributed by atoms with Gasteiger partial charge in [-0.2, -0.15) is 5.10 Å². The summed E-state index contributed by atoms with van der Waals surface area (Å²) in [5, 5.41) is 18.2. The molecule has 0 saturated heterocycles. The predicted octanol–water partition coefficient (Wildman–Crippen LogP) is 2.61. The van der Waals surface area contributed by atoms with Crippen molar-refractivity contribution in [2.75, 3.05) is 19.6 Å². The summed E-state index contributed by atoms with van der Waals surface area (Å²) in [7, 11) is 0. The number of aryl methyl sites for hydroxylation is 1. The maximum atomic E-state index is 12.4. The molecule has 0 fully saturated rings. The van der Waals surface area contributed by atoms with Crippen molar-refractivity contribution in [1.29, 1.82) is 0 Å². The van der Waals surface area contributed by atoms with Crippen molar-refractivity contribution < 1.29 is 9.72 Å². The van der Waals surface area contributed by atoms with Gasteiger partial charge in [-0.25, -0.2) is 0 Å². The number of hydrogen-bond donors (Lipinski definition) is 1. The van der Waals surface area contributed by atoms with Crippen molar-refractivity contribution in [3.8, 4) is 0 Å². The highest BCUT2D eigenvalue weighted by molar-refractivity contribution is 5.75. The number of carbonyl (C=O) groups is 1. The summed E-state index contributed by atoms with van der Waals surface area (Å²) in [6.07, 6.45) is 0. The first-order chi connectivity index (χ1) is 12.9. The lowest BCUT2D eigenvalue weighted by Crippen LogP contribution is -2.39.